The van der Waals surface area contributed by atoms with Crippen LogP contribution in [0, 0.1) is 115 Å². The lowest BCUT2D eigenvalue weighted by molar-refractivity contribution is 0.453. The Bertz CT molecular complexity index is 4160. The number of ether oxygens (including phenoxy) is 1. The van der Waals surface area contributed by atoms with Crippen molar-refractivity contribution in [2.45, 2.75) is 152 Å². The number of benzene rings is 6. The number of phenolic OH excluding ortho intramolecular Hbond substituents is 1. The van der Waals surface area contributed by atoms with Crippen molar-refractivity contribution < 1.29 is 9.84 Å². The van der Waals surface area contributed by atoms with Crippen LogP contribution in [0.25, 0.3) is 0 Å². The Morgan fingerprint density at radius 3 is 1.06 bits per heavy atom. The summed E-state index contributed by atoms with van der Waals surface area (Å²) in [5, 5.41) is 53.5. The average molecular weight is 1810 g/mol. The van der Waals surface area contributed by atoms with Crippen LogP contribution in [0.1, 0.15) is 162 Å². The van der Waals surface area contributed by atoms with E-state index in [-0.39, 0.29) is 23.4 Å². The minimum atomic E-state index is 0.213. The van der Waals surface area contributed by atoms with E-state index in [0.717, 1.165) is 61.0 Å². The molecule has 0 spiro atoms. The van der Waals surface area contributed by atoms with Crippen molar-refractivity contribution >= 4 is 147 Å². The van der Waals surface area contributed by atoms with Crippen molar-refractivity contribution in [1.82, 2.24) is 39.9 Å². The molecule has 0 radical (unpaired) electrons. The number of anilines is 11. The van der Waals surface area contributed by atoms with Crippen molar-refractivity contribution in [1.29, 1.82) is 21.0 Å². The molecule has 6 aromatic carbocycles. The third kappa shape index (κ3) is 40.5. The summed E-state index contributed by atoms with van der Waals surface area (Å²) in [4.78, 5) is 35.3. The topological polar surface area (TPSA) is 394 Å². The summed E-state index contributed by atoms with van der Waals surface area (Å²) in [6.07, 6.45) is 0. The van der Waals surface area contributed by atoms with Crippen LogP contribution >= 0.6 is 82.7 Å². The van der Waals surface area contributed by atoms with Gasteiger partial charge in [0.1, 0.15) is 45.1 Å². The number of nitrogens with zero attached hydrogens (tertiary/aromatic N) is 12. The number of aromatic hydroxyl groups is 1. The normalized spacial score (nSPS) is 8.75. The highest BCUT2D eigenvalue weighted by Gasteiger charge is 2.16. The Labute approximate surface area is 676 Å². The number of nitrogens with two attached hydrogens (primary N) is 5. The molecule has 10 aromatic rings. The summed E-state index contributed by atoms with van der Waals surface area (Å²) in [5.41, 5.74) is 41.9. The quantitative estimate of drug-likeness (QED) is 0.0387. The fourth-order valence-corrected chi connectivity index (χ4v) is 8.17. The molecule has 10 rings (SSSR count). The Balaban J connectivity index is -0.000000589. The maximum absolute atomic E-state index is 9.32. The van der Waals surface area contributed by atoms with Crippen LogP contribution in [-0.4, -0.2) is 49.9 Å². The van der Waals surface area contributed by atoms with Gasteiger partial charge in [0.2, 0.25) is 23.7 Å². The molecule has 14 N–H and O–H groups in total. The van der Waals surface area contributed by atoms with Crippen molar-refractivity contribution in [3.8, 4) is 41.7 Å². The summed E-state index contributed by atoms with van der Waals surface area (Å²) >= 11 is 14.3. The van der Waals surface area contributed by atoms with E-state index in [0.29, 0.717) is 73.2 Å². The Morgan fingerprint density at radius 2 is 0.708 bits per heavy atom. The number of halogens is 5. The maximum Gasteiger partial charge on any atom is 0.240 e. The molecule has 0 aliphatic carbocycles. The molecule has 568 valence electrons. The van der Waals surface area contributed by atoms with E-state index in [4.69, 9.17) is 54.5 Å². The molecular formula is C79H105Br4IN20O2. The molecule has 0 fully saturated rings. The van der Waals surface area contributed by atoms with Crippen LogP contribution in [0.2, 0.25) is 0 Å². The molecule has 22 nitrogen and oxygen atoms in total. The fourth-order valence-electron chi connectivity index (χ4n) is 7.74. The van der Waals surface area contributed by atoms with E-state index >= 15 is 0 Å². The van der Waals surface area contributed by atoms with Gasteiger partial charge in [0.05, 0.1) is 56.7 Å². The number of hydrogen-bond donors (Lipinski definition) is 9. The molecule has 0 bridgehead atoms. The fraction of sp³-hybridized carbons (Fsp3) is 0.291. The lowest BCUT2D eigenvalue weighted by Gasteiger charge is -2.14. The van der Waals surface area contributed by atoms with Crippen LogP contribution in [0.15, 0.2) is 142 Å². The first-order valence-electron chi connectivity index (χ1n) is 33.7. The van der Waals surface area contributed by atoms with Crippen LogP contribution in [-0.2, 0) is 0 Å². The third-order valence-electron chi connectivity index (χ3n) is 12.1. The van der Waals surface area contributed by atoms with Gasteiger partial charge < -0.3 is 54.5 Å². The van der Waals surface area contributed by atoms with E-state index in [1.807, 2.05) is 204 Å². The molecule has 4 aromatic heterocycles. The molecule has 0 saturated carbocycles. The molecule has 0 unspecified atom stereocenters. The van der Waals surface area contributed by atoms with E-state index in [1.54, 1.807) is 98.8 Å². The molecule has 0 amide bonds. The zero-order chi connectivity index (χ0) is 82.2. The van der Waals surface area contributed by atoms with E-state index in [1.165, 1.54) is 11.1 Å². The van der Waals surface area contributed by atoms with Crippen molar-refractivity contribution in [2.75, 3.05) is 49.5 Å². The molecule has 106 heavy (non-hydrogen) atoms. The van der Waals surface area contributed by atoms with Crippen LogP contribution < -0.4 is 49.4 Å². The van der Waals surface area contributed by atoms with Crippen LogP contribution in [0.3, 0.4) is 0 Å². The maximum atomic E-state index is 9.32. The molecular weight excluding hydrogens is 1710 g/mol. The standard InChI is InChI=1S/C20H15BrN6O.C12H13BrN4.C12H14N4.C9H9NO.C7H6N2.C6H9N3.6C2H6.CH3I.Br2/c1-11-7-14(10-23)8-12(2)17(11)28-19-16(21)18(24)26-20(27-19)25-15-5-3-13(9-22)4-6-15;1-7-3-5-9(6-4-7)16-12-15-8(2)10(13)11(14)17-12;1-8-3-5-10(6-4-8)15-12-14-9(2)7-11(13)16-12;1-6-3-8(5-10)4-7(2)9(6)11;8-5-6-1-3-7(9)4-2-6;1-4-3-6(7)9-5(2)8-4;8*1-2/h3-8H,1-2H3,(H3,24,25,26,27);3-6H,1-2H3,(H3,14,15,16,17);3-7H,1-2H3,(H3,13,14,15,16);3-4,11H,1-2H3;1-4H,9H2;3H,1-2H3,(H2,7,8,9);6*1-2H3;1H3;. The van der Waals surface area contributed by atoms with Gasteiger partial charge in [-0.25, -0.2) is 19.9 Å². The first kappa shape index (κ1) is 103. The summed E-state index contributed by atoms with van der Waals surface area (Å²) in [5.74, 6) is 4.82. The summed E-state index contributed by atoms with van der Waals surface area (Å²) in [6, 6.07) is 48.2. The van der Waals surface area contributed by atoms with Gasteiger partial charge >= 0.3 is 0 Å². The number of nitrogen functional groups attached to an aromatic ring is 5. The highest BCUT2D eigenvalue weighted by molar-refractivity contribution is 14.1. The van der Waals surface area contributed by atoms with Crippen molar-refractivity contribution in [3.05, 3.63) is 221 Å². The van der Waals surface area contributed by atoms with Gasteiger partial charge in [-0.15, -0.1) is 0 Å². The molecule has 0 atom stereocenters. The minimum absolute atomic E-state index is 0.213. The number of rotatable bonds is 8. The predicted octanol–water partition coefficient (Wildman–Crippen LogP) is 22.9. The van der Waals surface area contributed by atoms with E-state index in [2.05, 4.69) is 151 Å². The molecule has 0 aliphatic heterocycles. The van der Waals surface area contributed by atoms with E-state index < -0.39 is 0 Å². The van der Waals surface area contributed by atoms with Gasteiger partial charge in [0.15, 0.2) is 0 Å². The molecule has 0 aliphatic rings. The Kier molecular flexibility index (Phi) is 58.6. The molecule has 0 saturated heterocycles. The average Bonchev–Trinajstić information content (AvgIpc) is 0.813. The summed E-state index contributed by atoms with van der Waals surface area (Å²) < 4.78 is 7.17. The van der Waals surface area contributed by atoms with Crippen molar-refractivity contribution in [2.24, 2.45) is 0 Å². The summed E-state index contributed by atoms with van der Waals surface area (Å²) in [6.45, 7) is 42.9. The monoisotopic (exact) mass is 1810 g/mol. The van der Waals surface area contributed by atoms with Crippen LogP contribution in [0.4, 0.5) is 63.9 Å². The van der Waals surface area contributed by atoms with Gasteiger partial charge in [0.25, 0.3) is 0 Å². The SMILES string of the molecule is BrBr.CC.CC.CC.CC.CC.CC.CI.Cc1cc(C#N)cc(C)c1O.Cc1cc(C#N)cc(C)c1Oc1nc(Nc2ccc(C#N)cc2)nc(N)c1Br.Cc1cc(N)nc(C)n1.Cc1ccc(Nc2nc(C)c(Br)c(N)n2)cc1.Cc1ccc(Nc2nc(C)cc(N)n2)cc1.N#Cc1ccc(N)cc1. The van der Waals surface area contributed by atoms with Gasteiger partial charge in [-0.2, -0.15) is 41.0 Å². The first-order chi connectivity index (χ1) is 50.7. The predicted molar refractivity (Wildman–Crippen MR) is 468 cm³/mol. The Hall–Kier alpha value is -9.75. The number of aromatic nitrogens is 8. The number of nitrogens with one attached hydrogen (secondary N) is 3. The minimum Gasteiger partial charge on any atom is -0.507 e. The number of nitriles is 4. The van der Waals surface area contributed by atoms with Gasteiger partial charge in [-0.05, 0) is 225 Å². The lowest BCUT2D eigenvalue weighted by atomic mass is 10.1. The second-order valence-electron chi connectivity index (χ2n) is 19.9. The number of phenols is 1. The van der Waals surface area contributed by atoms with Gasteiger partial charge in [-0.1, -0.05) is 141 Å². The first-order valence-corrected chi connectivity index (χ1v) is 41.2. The van der Waals surface area contributed by atoms with Gasteiger partial charge in [-0.3, -0.25) is 0 Å². The molecule has 4 heterocycles. The lowest BCUT2D eigenvalue weighted by Crippen LogP contribution is -2.04. The largest absolute Gasteiger partial charge is 0.507 e. The highest BCUT2D eigenvalue weighted by Crippen LogP contribution is 2.36. The number of hydrogen-bond acceptors (Lipinski definition) is 22. The smallest absolute Gasteiger partial charge is 0.240 e. The number of aryl methyl sites for hydroxylation is 10. The van der Waals surface area contributed by atoms with E-state index in [9.17, 15) is 5.11 Å². The Morgan fingerprint density at radius 1 is 0.387 bits per heavy atom. The molecule has 27 heteroatoms. The zero-order valence-corrected chi connectivity index (χ0v) is 73.7. The zero-order valence-electron chi connectivity index (χ0n) is 65.2. The second kappa shape index (κ2) is 60.5. The summed E-state index contributed by atoms with van der Waals surface area (Å²) in [7, 11) is 0. The third-order valence-corrected chi connectivity index (χ3v) is 13.8. The highest BCUT2D eigenvalue weighted by atomic mass is 127. The van der Waals surface area contributed by atoms with Gasteiger partial charge in [0, 0.05) is 74.5 Å². The number of alkyl halides is 1. The second-order valence-corrected chi connectivity index (χ2v) is 21.5. The van der Waals surface area contributed by atoms with Crippen molar-refractivity contribution in [3.63, 3.8) is 0 Å². The van der Waals surface area contributed by atoms with Crippen LogP contribution in [0.5, 0.6) is 17.4 Å².